The number of thiophene rings is 1. The first-order chi connectivity index (χ1) is 12.9. The van der Waals surface area contributed by atoms with Crippen molar-refractivity contribution < 1.29 is 8.42 Å². The van der Waals surface area contributed by atoms with Gasteiger partial charge in [-0.2, -0.15) is 10.2 Å². The van der Waals surface area contributed by atoms with Crippen LogP contribution >= 0.6 is 22.9 Å². The van der Waals surface area contributed by atoms with E-state index in [1.165, 1.54) is 17.5 Å². The van der Waals surface area contributed by atoms with Crippen molar-refractivity contribution in [3.05, 3.63) is 64.4 Å². The zero-order valence-electron chi connectivity index (χ0n) is 13.9. The summed E-state index contributed by atoms with van der Waals surface area (Å²) in [5.74, 6) is 0. The van der Waals surface area contributed by atoms with E-state index in [0.717, 1.165) is 9.54 Å². The van der Waals surface area contributed by atoms with Crippen LogP contribution in [0.25, 0.3) is 21.6 Å². The minimum Gasteiger partial charge on any atom is -0.224 e. The number of fused-ring (bicyclic) bond motifs is 1. The molecule has 3 heterocycles. The summed E-state index contributed by atoms with van der Waals surface area (Å²) in [5.41, 5.74) is 1.65. The highest BCUT2D eigenvalue weighted by molar-refractivity contribution is 7.90. The van der Waals surface area contributed by atoms with E-state index < -0.39 is 10.0 Å². The lowest BCUT2D eigenvalue weighted by atomic mass is 10.2. The van der Waals surface area contributed by atoms with Gasteiger partial charge in [0, 0.05) is 11.6 Å². The number of aromatic nitrogens is 3. The number of aryl methyl sites for hydroxylation is 1. The van der Waals surface area contributed by atoms with Crippen molar-refractivity contribution in [2.75, 3.05) is 0 Å². The molecule has 0 N–H and O–H groups in total. The van der Waals surface area contributed by atoms with Crippen LogP contribution in [-0.2, 0) is 10.0 Å². The summed E-state index contributed by atoms with van der Waals surface area (Å²) < 4.78 is 27.2. The quantitative estimate of drug-likeness (QED) is 0.468. The van der Waals surface area contributed by atoms with Gasteiger partial charge in [0.2, 0.25) is 5.28 Å². The Morgan fingerprint density at radius 1 is 1.11 bits per heavy atom. The Hall–Kier alpha value is -2.73. The second-order valence-corrected chi connectivity index (χ2v) is 9.02. The predicted octanol–water partition coefficient (Wildman–Crippen LogP) is 4.23. The van der Waals surface area contributed by atoms with Crippen LogP contribution in [0.4, 0.5) is 0 Å². The zero-order chi connectivity index (χ0) is 19.2. The summed E-state index contributed by atoms with van der Waals surface area (Å²) in [7, 11) is -3.84. The van der Waals surface area contributed by atoms with Crippen LogP contribution in [0.1, 0.15) is 10.4 Å². The molecular weight excluding hydrogens is 404 g/mol. The first-order valence-electron chi connectivity index (χ1n) is 7.77. The van der Waals surface area contributed by atoms with Gasteiger partial charge in [0.25, 0.3) is 10.0 Å². The molecule has 0 amide bonds. The molecule has 0 saturated heterocycles. The van der Waals surface area contributed by atoms with E-state index in [1.54, 1.807) is 42.5 Å². The minimum atomic E-state index is -3.84. The van der Waals surface area contributed by atoms with Gasteiger partial charge in [-0.3, -0.25) is 0 Å². The molecule has 4 rings (SSSR count). The molecule has 3 aromatic heterocycles. The van der Waals surface area contributed by atoms with Gasteiger partial charge in [0.15, 0.2) is 5.65 Å². The lowest BCUT2D eigenvalue weighted by Gasteiger charge is -2.08. The monoisotopic (exact) mass is 414 g/mol. The normalized spacial score (nSPS) is 11.6. The highest BCUT2D eigenvalue weighted by Crippen LogP contribution is 2.34. The third-order valence-corrected chi connectivity index (χ3v) is 6.86. The number of hydrogen-bond donors (Lipinski definition) is 0. The number of rotatable bonds is 3. The van der Waals surface area contributed by atoms with E-state index in [1.807, 2.05) is 6.92 Å². The topological polar surface area (TPSA) is 88.6 Å². The van der Waals surface area contributed by atoms with Crippen molar-refractivity contribution in [1.29, 1.82) is 5.26 Å². The van der Waals surface area contributed by atoms with Crippen LogP contribution in [0.5, 0.6) is 0 Å². The van der Waals surface area contributed by atoms with Gasteiger partial charge >= 0.3 is 0 Å². The number of nitriles is 1. The molecule has 0 aliphatic carbocycles. The molecule has 0 spiro atoms. The van der Waals surface area contributed by atoms with Crippen LogP contribution in [0, 0.1) is 18.3 Å². The smallest absolute Gasteiger partial charge is 0.224 e. The molecule has 6 nitrogen and oxygen atoms in total. The van der Waals surface area contributed by atoms with Gasteiger partial charge in [-0.25, -0.2) is 17.4 Å². The Labute approximate surface area is 164 Å². The maximum atomic E-state index is 13.0. The number of hydrogen-bond acceptors (Lipinski definition) is 6. The maximum absolute atomic E-state index is 13.0. The van der Waals surface area contributed by atoms with Gasteiger partial charge in [-0.05, 0) is 48.9 Å². The van der Waals surface area contributed by atoms with Gasteiger partial charge < -0.3 is 0 Å². The Morgan fingerprint density at radius 2 is 1.85 bits per heavy atom. The summed E-state index contributed by atoms with van der Waals surface area (Å²) in [6, 6.07) is 13.7. The highest BCUT2D eigenvalue weighted by atomic mass is 35.5. The molecule has 0 saturated carbocycles. The van der Waals surface area contributed by atoms with Crippen LogP contribution < -0.4 is 0 Å². The largest absolute Gasteiger partial charge is 0.269 e. The molecule has 0 aliphatic rings. The fraction of sp³-hybridized carbons (Fsp3) is 0.0556. The molecular formula is C18H11ClN4O2S2. The van der Waals surface area contributed by atoms with Crippen LogP contribution in [0.3, 0.4) is 0 Å². The third-order valence-electron chi connectivity index (χ3n) is 4.01. The molecule has 27 heavy (non-hydrogen) atoms. The van der Waals surface area contributed by atoms with E-state index in [-0.39, 0.29) is 15.8 Å². The van der Waals surface area contributed by atoms with Crippen molar-refractivity contribution in [2.24, 2.45) is 0 Å². The predicted molar refractivity (Wildman–Crippen MR) is 104 cm³/mol. The molecule has 0 bridgehead atoms. The molecule has 0 fully saturated rings. The fourth-order valence-corrected chi connectivity index (χ4v) is 4.96. The van der Waals surface area contributed by atoms with Crippen LogP contribution in [0.15, 0.2) is 53.6 Å². The molecule has 9 heteroatoms. The van der Waals surface area contributed by atoms with Crippen molar-refractivity contribution >= 4 is 44.0 Å². The third kappa shape index (κ3) is 3.00. The van der Waals surface area contributed by atoms with E-state index in [4.69, 9.17) is 16.9 Å². The Kier molecular flexibility index (Phi) is 4.23. The second-order valence-electron chi connectivity index (χ2n) is 5.78. The first-order valence-corrected chi connectivity index (χ1v) is 10.4. The van der Waals surface area contributed by atoms with E-state index in [9.17, 15) is 8.42 Å². The molecule has 4 aromatic rings. The van der Waals surface area contributed by atoms with E-state index in [0.29, 0.717) is 20.8 Å². The molecule has 0 atom stereocenters. The van der Waals surface area contributed by atoms with Crippen molar-refractivity contribution in [1.82, 2.24) is 13.9 Å². The molecule has 134 valence electrons. The van der Waals surface area contributed by atoms with Gasteiger partial charge in [0.05, 0.1) is 15.5 Å². The minimum absolute atomic E-state index is 0.0662. The lowest BCUT2D eigenvalue weighted by Crippen LogP contribution is -2.12. The fourth-order valence-electron chi connectivity index (χ4n) is 2.70. The Morgan fingerprint density at radius 3 is 2.52 bits per heavy atom. The first kappa shape index (κ1) is 17.7. The maximum Gasteiger partial charge on any atom is 0.269 e. The SMILES string of the molecule is Cc1ccc(S(=O)(=O)n2ccc3c(-c4ccc(C#N)s4)nc(Cl)nc32)cc1. The zero-order valence-corrected chi connectivity index (χ0v) is 16.3. The van der Waals surface area contributed by atoms with Crippen molar-refractivity contribution in [3.8, 4) is 16.6 Å². The van der Waals surface area contributed by atoms with Crippen molar-refractivity contribution in [3.63, 3.8) is 0 Å². The Bertz CT molecular complexity index is 1320. The van der Waals surface area contributed by atoms with Crippen molar-refractivity contribution in [2.45, 2.75) is 11.8 Å². The molecule has 0 radical (unpaired) electrons. The molecule has 1 aromatic carbocycles. The summed E-state index contributed by atoms with van der Waals surface area (Å²) in [6.07, 6.45) is 1.44. The molecule has 0 unspecified atom stereocenters. The number of halogens is 1. The summed E-state index contributed by atoms with van der Waals surface area (Å²) in [5, 5.41) is 9.52. The van der Waals surface area contributed by atoms with Gasteiger partial charge in [-0.1, -0.05) is 17.7 Å². The summed E-state index contributed by atoms with van der Waals surface area (Å²) in [6.45, 7) is 1.89. The second kappa shape index (κ2) is 6.46. The van der Waals surface area contributed by atoms with Crippen LogP contribution in [-0.4, -0.2) is 22.4 Å². The van der Waals surface area contributed by atoms with Crippen LogP contribution in [0.2, 0.25) is 5.28 Å². The average Bonchev–Trinajstić information content (AvgIpc) is 3.28. The van der Waals surface area contributed by atoms with E-state index in [2.05, 4.69) is 16.0 Å². The van der Waals surface area contributed by atoms with Gasteiger partial charge in [-0.15, -0.1) is 11.3 Å². The number of benzene rings is 1. The average molecular weight is 415 g/mol. The molecule has 0 aliphatic heterocycles. The number of nitrogens with zero attached hydrogens (tertiary/aromatic N) is 4. The lowest BCUT2D eigenvalue weighted by molar-refractivity contribution is 0.588. The summed E-state index contributed by atoms with van der Waals surface area (Å²) in [4.78, 5) is 9.78. The van der Waals surface area contributed by atoms with Gasteiger partial charge in [0.1, 0.15) is 10.9 Å². The van der Waals surface area contributed by atoms with E-state index >= 15 is 0 Å². The standard InChI is InChI=1S/C18H11ClN4O2S2/c1-11-2-5-13(6-3-11)27(24,25)23-9-8-14-16(21-18(19)22-17(14)23)15-7-4-12(10-20)26-15/h2-9H,1H3. The Balaban J connectivity index is 1.94. The highest BCUT2D eigenvalue weighted by Gasteiger charge is 2.22. The summed E-state index contributed by atoms with van der Waals surface area (Å²) >= 11 is 7.32.